The van der Waals surface area contributed by atoms with Crippen molar-refractivity contribution in [2.45, 2.75) is 141 Å². The summed E-state index contributed by atoms with van der Waals surface area (Å²) in [5, 5.41) is 31.6. The molecule has 15 atom stereocenters. The van der Waals surface area contributed by atoms with Gasteiger partial charge in [-0.25, -0.2) is 0 Å². The fourth-order valence-electron chi connectivity index (χ4n) is 12.7. The highest BCUT2D eigenvalue weighted by Crippen LogP contribution is 2.76. The van der Waals surface area contributed by atoms with E-state index in [0.29, 0.717) is 28.1 Å². The molecule has 0 aromatic heterocycles. The van der Waals surface area contributed by atoms with Crippen molar-refractivity contribution < 1.29 is 24.8 Å². The molecule has 0 amide bonds. The molecule has 2 aliphatic heterocycles. The second-order valence-electron chi connectivity index (χ2n) is 15.7. The zero-order valence-electron chi connectivity index (χ0n) is 23.7. The molecule has 7 fully saturated rings. The van der Waals surface area contributed by atoms with Crippen LogP contribution >= 0.6 is 0 Å². The molecule has 0 bridgehead atoms. The predicted octanol–water partition coefficient (Wildman–Crippen LogP) is 5.09. The number of aliphatic hydroxyl groups excluding tert-OH is 3. The molecular formula is C32H52O5. The number of fused-ring (bicyclic) bond motifs is 8. The summed E-state index contributed by atoms with van der Waals surface area (Å²) < 4.78 is 12.0. The highest BCUT2D eigenvalue weighted by Gasteiger charge is 2.69. The van der Waals surface area contributed by atoms with Gasteiger partial charge in [0.1, 0.15) is 24.4 Å². The van der Waals surface area contributed by atoms with E-state index in [0.717, 1.165) is 30.6 Å². The summed E-state index contributed by atoms with van der Waals surface area (Å²) in [6.07, 6.45) is 13.5. The average Bonchev–Trinajstić information content (AvgIpc) is 3.57. The standard InChI is InChI=1S/C32H52O5/c1-18-19-9-13-31(4)25(29(19,2)12-10-22(18)34)8-7-20-21-6-5-11-32(21,15-14-30(20,31)3)16-23-26(35)28-27(37-28)24(17-33)36-23/h18-28,33-35H,5-17H2,1-4H3/t18?,19?,20?,21?,22?,23?,24?,25?,26?,27?,28?,29?,30-,31?,32?/m1/s1. The van der Waals surface area contributed by atoms with Gasteiger partial charge in [-0.15, -0.1) is 0 Å². The first-order chi connectivity index (χ1) is 17.6. The van der Waals surface area contributed by atoms with Crippen molar-refractivity contribution in [3.05, 3.63) is 0 Å². The van der Waals surface area contributed by atoms with Crippen LogP contribution in [0.4, 0.5) is 0 Å². The molecule has 2 saturated heterocycles. The molecule has 0 spiro atoms. The molecule has 5 aliphatic carbocycles. The smallest absolute Gasteiger partial charge is 0.115 e. The third kappa shape index (κ3) is 3.33. The summed E-state index contributed by atoms with van der Waals surface area (Å²) in [5.41, 5.74) is 1.37. The quantitative estimate of drug-likeness (QED) is 0.455. The normalized spacial score (nSPS) is 62.5. The molecule has 3 N–H and O–H groups in total. The van der Waals surface area contributed by atoms with Crippen LogP contribution in [0, 0.1) is 51.2 Å². The van der Waals surface area contributed by atoms with E-state index in [1.165, 1.54) is 64.2 Å². The Balaban J connectivity index is 1.16. The number of aliphatic hydroxyl groups is 3. The van der Waals surface area contributed by atoms with Crippen molar-refractivity contribution in [2.75, 3.05) is 6.61 Å². The Morgan fingerprint density at radius 2 is 1.54 bits per heavy atom. The van der Waals surface area contributed by atoms with E-state index in [2.05, 4.69) is 27.7 Å². The second-order valence-corrected chi connectivity index (χ2v) is 15.7. The number of hydrogen-bond donors (Lipinski definition) is 3. The SMILES string of the molecule is CC1C(O)CCC2(C)C1CCC1(C)C2CCC2C3CCCC3(CC3OC(CO)C4OC4C3O)CC[C@]21C. The van der Waals surface area contributed by atoms with Gasteiger partial charge in [-0.1, -0.05) is 34.1 Å². The van der Waals surface area contributed by atoms with Gasteiger partial charge < -0.3 is 24.8 Å². The molecule has 37 heavy (non-hydrogen) atoms. The van der Waals surface area contributed by atoms with Crippen LogP contribution in [0.3, 0.4) is 0 Å². The van der Waals surface area contributed by atoms with Crippen molar-refractivity contribution in [2.24, 2.45) is 51.2 Å². The Labute approximate surface area is 224 Å². The van der Waals surface area contributed by atoms with Crippen LogP contribution in [0.1, 0.15) is 105 Å². The van der Waals surface area contributed by atoms with Gasteiger partial charge in [0.25, 0.3) is 0 Å². The number of rotatable bonds is 3. The van der Waals surface area contributed by atoms with Gasteiger partial charge in [-0.3, -0.25) is 0 Å². The largest absolute Gasteiger partial charge is 0.394 e. The fourth-order valence-corrected chi connectivity index (χ4v) is 12.7. The summed E-state index contributed by atoms with van der Waals surface area (Å²) in [6.45, 7) is 10.3. The number of hydrogen-bond acceptors (Lipinski definition) is 5. The minimum Gasteiger partial charge on any atom is -0.394 e. The zero-order chi connectivity index (χ0) is 26.0. The van der Waals surface area contributed by atoms with Gasteiger partial charge >= 0.3 is 0 Å². The van der Waals surface area contributed by atoms with Gasteiger partial charge in [0.05, 0.1) is 18.8 Å². The van der Waals surface area contributed by atoms with E-state index in [1.807, 2.05) is 0 Å². The van der Waals surface area contributed by atoms with Crippen molar-refractivity contribution in [3.63, 3.8) is 0 Å². The van der Waals surface area contributed by atoms with Gasteiger partial charge in [0.2, 0.25) is 0 Å². The highest BCUT2D eigenvalue weighted by atomic mass is 16.7. The first kappa shape index (κ1) is 25.7. The van der Waals surface area contributed by atoms with Gasteiger partial charge in [0, 0.05) is 0 Å². The van der Waals surface area contributed by atoms with E-state index in [-0.39, 0.29) is 42.5 Å². The van der Waals surface area contributed by atoms with Crippen LogP contribution in [0.5, 0.6) is 0 Å². The van der Waals surface area contributed by atoms with Crippen LogP contribution in [-0.4, -0.2) is 58.6 Å². The van der Waals surface area contributed by atoms with Crippen molar-refractivity contribution in [1.29, 1.82) is 0 Å². The molecule has 5 saturated carbocycles. The van der Waals surface area contributed by atoms with Crippen molar-refractivity contribution >= 4 is 0 Å². The lowest BCUT2D eigenvalue weighted by atomic mass is 9.33. The van der Waals surface area contributed by atoms with Crippen LogP contribution in [0.25, 0.3) is 0 Å². The lowest BCUT2D eigenvalue weighted by Gasteiger charge is -2.72. The first-order valence-electron chi connectivity index (χ1n) is 15.9. The molecule has 7 rings (SSSR count). The van der Waals surface area contributed by atoms with Crippen LogP contribution in [-0.2, 0) is 9.47 Å². The number of ether oxygens (including phenoxy) is 2. The topological polar surface area (TPSA) is 82.5 Å². The van der Waals surface area contributed by atoms with E-state index in [9.17, 15) is 15.3 Å². The lowest BCUT2D eigenvalue weighted by molar-refractivity contribution is -0.237. The molecule has 0 aromatic carbocycles. The molecular weight excluding hydrogens is 464 g/mol. The molecule has 5 nitrogen and oxygen atoms in total. The molecule has 14 unspecified atom stereocenters. The molecule has 210 valence electrons. The molecule has 5 heteroatoms. The van der Waals surface area contributed by atoms with E-state index in [1.54, 1.807) is 0 Å². The molecule has 2 heterocycles. The third-order valence-corrected chi connectivity index (χ3v) is 14.9. The Bertz CT molecular complexity index is 910. The lowest BCUT2D eigenvalue weighted by Crippen LogP contribution is -2.65. The van der Waals surface area contributed by atoms with Crippen LogP contribution in [0.15, 0.2) is 0 Å². The maximum Gasteiger partial charge on any atom is 0.115 e. The average molecular weight is 517 g/mol. The minimum absolute atomic E-state index is 0.0172. The molecule has 7 aliphatic rings. The second kappa shape index (κ2) is 8.41. The summed E-state index contributed by atoms with van der Waals surface area (Å²) >= 11 is 0. The monoisotopic (exact) mass is 516 g/mol. The Kier molecular flexibility index (Phi) is 5.85. The minimum atomic E-state index is -0.552. The van der Waals surface area contributed by atoms with E-state index < -0.39 is 6.10 Å². The first-order valence-corrected chi connectivity index (χ1v) is 15.9. The molecule has 0 aromatic rings. The highest BCUT2D eigenvalue weighted by molar-refractivity contribution is 5.18. The Hall–Kier alpha value is -0.200. The summed E-state index contributed by atoms with van der Waals surface area (Å²) in [4.78, 5) is 0. The van der Waals surface area contributed by atoms with Gasteiger partial charge in [0.15, 0.2) is 0 Å². The summed E-state index contributed by atoms with van der Waals surface area (Å²) in [5.74, 6) is 3.35. The predicted molar refractivity (Wildman–Crippen MR) is 142 cm³/mol. The number of epoxide rings is 1. The Morgan fingerprint density at radius 1 is 0.730 bits per heavy atom. The molecule has 0 radical (unpaired) electrons. The van der Waals surface area contributed by atoms with Crippen molar-refractivity contribution in [1.82, 2.24) is 0 Å². The van der Waals surface area contributed by atoms with Gasteiger partial charge in [-0.2, -0.15) is 0 Å². The van der Waals surface area contributed by atoms with Crippen LogP contribution in [0.2, 0.25) is 0 Å². The zero-order valence-corrected chi connectivity index (χ0v) is 23.7. The van der Waals surface area contributed by atoms with E-state index in [4.69, 9.17) is 9.47 Å². The maximum atomic E-state index is 11.0. The summed E-state index contributed by atoms with van der Waals surface area (Å²) in [7, 11) is 0. The fraction of sp³-hybridized carbons (Fsp3) is 1.00. The van der Waals surface area contributed by atoms with Gasteiger partial charge in [-0.05, 0) is 122 Å². The van der Waals surface area contributed by atoms with Crippen LogP contribution < -0.4 is 0 Å². The van der Waals surface area contributed by atoms with Crippen molar-refractivity contribution in [3.8, 4) is 0 Å². The maximum absolute atomic E-state index is 11.0. The summed E-state index contributed by atoms with van der Waals surface area (Å²) in [6, 6.07) is 0. The van der Waals surface area contributed by atoms with E-state index >= 15 is 0 Å². The third-order valence-electron chi connectivity index (χ3n) is 14.9. The Morgan fingerprint density at radius 3 is 2.32 bits per heavy atom.